The lowest BCUT2D eigenvalue weighted by Gasteiger charge is -2.03. The molecule has 1 aromatic carbocycles. The van der Waals surface area contributed by atoms with Crippen molar-refractivity contribution in [2.45, 2.75) is 12.8 Å². The Morgan fingerprint density at radius 3 is 2.77 bits per heavy atom. The Labute approximate surface area is 177 Å². The maximum absolute atomic E-state index is 5.87. The molecule has 0 aliphatic heterocycles. The van der Waals surface area contributed by atoms with Crippen LogP contribution in [0.3, 0.4) is 0 Å². The number of halogens is 2. The van der Waals surface area contributed by atoms with Crippen molar-refractivity contribution in [2.75, 3.05) is 13.1 Å². The number of aliphatic imine (C=N–C) groups is 1. The summed E-state index contributed by atoms with van der Waals surface area (Å²) >= 11 is 7.60. The third-order valence-corrected chi connectivity index (χ3v) is 4.62. The molecular weight excluding hydrogens is 485 g/mol. The third-order valence-electron chi connectivity index (χ3n) is 3.44. The minimum Gasteiger partial charge on any atom is -0.370 e. The molecule has 0 amide bonds. The number of hydrogen-bond acceptors (Lipinski definition) is 5. The lowest BCUT2D eigenvalue weighted by Crippen LogP contribution is -2.33. The molecule has 0 aliphatic rings. The zero-order valence-corrected chi connectivity index (χ0v) is 17.8. The highest BCUT2D eigenvalue weighted by Gasteiger charge is 2.08. The predicted octanol–water partition coefficient (Wildman–Crippen LogP) is 3.76. The molecule has 3 aromatic rings. The van der Waals surface area contributed by atoms with E-state index in [4.69, 9.17) is 21.9 Å². The molecule has 6 nitrogen and oxygen atoms in total. The molecule has 0 unspecified atom stereocenters. The Bertz CT molecular complexity index is 820. The number of benzene rings is 1. The standard InChI is InChI=1S/C17H18ClN5OS.HI/c18-13-5-3-12(4-6-13)16-22-15(24-23-16)8-10-21-17(19)20-9-7-14-2-1-11-25-14;/h1-6,11H,7-10H2,(H3,19,20,21);1H. The Hall–Kier alpha value is -1.65. The van der Waals surface area contributed by atoms with Crippen molar-refractivity contribution in [3.63, 3.8) is 0 Å². The Morgan fingerprint density at radius 1 is 1.23 bits per heavy atom. The number of nitrogens with zero attached hydrogens (tertiary/aromatic N) is 3. The summed E-state index contributed by atoms with van der Waals surface area (Å²) in [4.78, 5) is 9.97. The van der Waals surface area contributed by atoms with Gasteiger partial charge in [-0.05, 0) is 35.7 Å². The molecule has 3 N–H and O–H groups in total. The van der Waals surface area contributed by atoms with E-state index in [9.17, 15) is 0 Å². The van der Waals surface area contributed by atoms with Crippen LogP contribution in [0.5, 0.6) is 0 Å². The Morgan fingerprint density at radius 2 is 2.04 bits per heavy atom. The fourth-order valence-electron chi connectivity index (χ4n) is 2.17. The number of hydrogen-bond donors (Lipinski definition) is 2. The van der Waals surface area contributed by atoms with Crippen molar-refractivity contribution >= 4 is 52.9 Å². The van der Waals surface area contributed by atoms with Crippen LogP contribution < -0.4 is 11.1 Å². The zero-order chi connectivity index (χ0) is 17.5. The number of guanidine groups is 1. The van der Waals surface area contributed by atoms with Crippen LogP contribution in [0.25, 0.3) is 11.4 Å². The normalized spacial score (nSPS) is 11.2. The molecule has 0 radical (unpaired) electrons. The second kappa shape index (κ2) is 10.5. The molecule has 0 bridgehead atoms. The fourth-order valence-corrected chi connectivity index (χ4v) is 2.99. The quantitative estimate of drug-likeness (QED) is 0.291. The van der Waals surface area contributed by atoms with Gasteiger partial charge in [-0.3, -0.25) is 4.99 Å². The van der Waals surface area contributed by atoms with Crippen LogP contribution in [0.2, 0.25) is 5.02 Å². The van der Waals surface area contributed by atoms with Gasteiger partial charge in [0, 0.05) is 41.4 Å². The highest BCUT2D eigenvalue weighted by atomic mass is 127. The first-order valence-electron chi connectivity index (χ1n) is 7.85. The monoisotopic (exact) mass is 503 g/mol. The molecule has 2 aromatic heterocycles. The van der Waals surface area contributed by atoms with E-state index >= 15 is 0 Å². The van der Waals surface area contributed by atoms with Crippen LogP contribution in [0.15, 0.2) is 51.3 Å². The van der Waals surface area contributed by atoms with Gasteiger partial charge in [0.1, 0.15) is 0 Å². The lowest BCUT2D eigenvalue weighted by molar-refractivity contribution is 0.379. The van der Waals surface area contributed by atoms with E-state index in [0.717, 1.165) is 12.0 Å². The van der Waals surface area contributed by atoms with Crippen LogP contribution in [-0.4, -0.2) is 29.2 Å². The first-order chi connectivity index (χ1) is 12.2. The summed E-state index contributed by atoms with van der Waals surface area (Å²) < 4.78 is 5.25. The van der Waals surface area contributed by atoms with Crippen LogP contribution in [0.4, 0.5) is 0 Å². The molecule has 26 heavy (non-hydrogen) atoms. The second-order valence-electron chi connectivity index (χ2n) is 5.29. The van der Waals surface area contributed by atoms with Gasteiger partial charge in [0.25, 0.3) is 0 Å². The molecule has 0 spiro atoms. The van der Waals surface area contributed by atoms with Crippen molar-refractivity contribution < 1.29 is 4.52 Å². The van der Waals surface area contributed by atoms with Gasteiger partial charge >= 0.3 is 0 Å². The number of nitrogens with two attached hydrogens (primary N) is 1. The highest BCUT2D eigenvalue weighted by molar-refractivity contribution is 14.0. The van der Waals surface area contributed by atoms with Gasteiger partial charge in [0.15, 0.2) is 5.96 Å². The first-order valence-corrected chi connectivity index (χ1v) is 9.11. The molecule has 3 rings (SSSR count). The second-order valence-corrected chi connectivity index (χ2v) is 6.76. The van der Waals surface area contributed by atoms with E-state index in [2.05, 4.69) is 31.9 Å². The van der Waals surface area contributed by atoms with E-state index in [1.54, 1.807) is 23.5 Å². The van der Waals surface area contributed by atoms with Crippen molar-refractivity contribution in [1.82, 2.24) is 15.5 Å². The molecule has 0 fully saturated rings. The highest BCUT2D eigenvalue weighted by Crippen LogP contribution is 2.18. The largest absolute Gasteiger partial charge is 0.370 e. The van der Waals surface area contributed by atoms with Gasteiger partial charge in [-0.1, -0.05) is 22.8 Å². The van der Waals surface area contributed by atoms with Crippen molar-refractivity contribution in [3.05, 3.63) is 57.6 Å². The van der Waals surface area contributed by atoms with E-state index in [1.807, 2.05) is 18.2 Å². The number of rotatable bonds is 7. The maximum atomic E-state index is 5.87. The SMILES string of the molecule is I.NC(=NCCc1cccs1)NCCc1nc(-c2ccc(Cl)cc2)no1. The van der Waals surface area contributed by atoms with Gasteiger partial charge < -0.3 is 15.6 Å². The lowest BCUT2D eigenvalue weighted by atomic mass is 10.2. The molecule has 9 heteroatoms. The molecule has 0 aliphatic carbocycles. The predicted molar refractivity (Wildman–Crippen MR) is 116 cm³/mol. The summed E-state index contributed by atoms with van der Waals surface area (Å²) in [5, 5.41) is 9.76. The van der Waals surface area contributed by atoms with Crippen LogP contribution in [-0.2, 0) is 12.8 Å². The first kappa shape index (κ1) is 20.7. The minimum atomic E-state index is 0. The average Bonchev–Trinajstić information content (AvgIpc) is 3.28. The summed E-state index contributed by atoms with van der Waals surface area (Å²) in [6.45, 7) is 1.25. The molecular formula is C17H19ClIN5OS. The summed E-state index contributed by atoms with van der Waals surface area (Å²) in [6, 6.07) is 11.4. The fraction of sp³-hybridized carbons (Fsp3) is 0.235. The molecule has 138 valence electrons. The summed E-state index contributed by atoms with van der Waals surface area (Å²) in [5.41, 5.74) is 6.71. The van der Waals surface area contributed by atoms with Crippen LogP contribution in [0.1, 0.15) is 10.8 Å². The Kier molecular flexibility index (Phi) is 8.33. The number of aromatic nitrogens is 2. The van der Waals surface area contributed by atoms with Gasteiger partial charge in [0.2, 0.25) is 11.7 Å². The smallest absolute Gasteiger partial charge is 0.228 e. The minimum absolute atomic E-state index is 0. The van der Waals surface area contributed by atoms with Gasteiger partial charge in [-0.15, -0.1) is 35.3 Å². The van der Waals surface area contributed by atoms with Gasteiger partial charge in [-0.2, -0.15) is 4.98 Å². The summed E-state index contributed by atoms with van der Waals surface area (Å²) in [6.07, 6.45) is 1.47. The number of nitrogens with one attached hydrogen (secondary N) is 1. The van der Waals surface area contributed by atoms with Gasteiger partial charge in [-0.25, -0.2) is 0 Å². The van der Waals surface area contributed by atoms with E-state index < -0.39 is 0 Å². The van der Waals surface area contributed by atoms with Gasteiger partial charge in [0.05, 0.1) is 0 Å². The summed E-state index contributed by atoms with van der Waals surface area (Å²) in [5.74, 6) is 1.52. The van der Waals surface area contributed by atoms with E-state index in [-0.39, 0.29) is 24.0 Å². The molecule has 2 heterocycles. The molecule has 0 saturated heterocycles. The third kappa shape index (κ3) is 6.26. The van der Waals surface area contributed by atoms with Crippen LogP contribution in [0, 0.1) is 0 Å². The number of thiophene rings is 1. The van der Waals surface area contributed by atoms with Crippen molar-refractivity contribution in [3.8, 4) is 11.4 Å². The maximum Gasteiger partial charge on any atom is 0.228 e. The van der Waals surface area contributed by atoms with E-state index in [1.165, 1.54) is 4.88 Å². The topological polar surface area (TPSA) is 89.3 Å². The average molecular weight is 504 g/mol. The van der Waals surface area contributed by atoms with E-state index in [0.29, 0.717) is 42.2 Å². The zero-order valence-electron chi connectivity index (χ0n) is 13.9. The molecule has 0 atom stereocenters. The Balaban J connectivity index is 0.00000243. The van der Waals surface area contributed by atoms with Crippen LogP contribution >= 0.6 is 46.9 Å². The van der Waals surface area contributed by atoms with Crippen molar-refractivity contribution in [2.24, 2.45) is 10.7 Å². The summed E-state index contributed by atoms with van der Waals surface area (Å²) in [7, 11) is 0. The molecule has 0 saturated carbocycles. The van der Waals surface area contributed by atoms with Crippen molar-refractivity contribution in [1.29, 1.82) is 0 Å².